The molecule has 0 aliphatic heterocycles. The fourth-order valence-electron chi connectivity index (χ4n) is 7.23. The normalized spacial score (nSPS) is 15.2. The van der Waals surface area contributed by atoms with E-state index in [-0.39, 0.29) is 0 Å². The molecule has 3 heteroatoms. The molecule has 0 saturated heterocycles. The van der Waals surface area contributed by atoms with Crippen LogP contribution in [0.2, 0.25) is 0 Å². The Hall–Kier alpha value is -4.28. The molecule has 3 aromatic heterocycles. The Kier molecular flexibility index (Phi) is 5.34. The van der Waals surface area contributed by atoms with Crippen LogP contribution in [0.3, 0.4) is 0 Å². The monoisotopic (exact) mass is 614 g/mol. The summed E-state index contributed by atoms with van der Waals surface area (Å²) in [6.07, 6.45) is 3.55. The van der Waals surface area contributed by atoms with Crippen LogP contribution in [0.4, 0.5) is 0 Å². The van der Waals surface area contributed by atoms with Gasteiger partial charge in [-0.1, -0.05) is 67.6 Å². The van der Waals surface area contributed by atoms with Crippen LogP contribution < -0.4 is 0 Å². The standard InChI is InChI=1S/C41H26S3/c1-23-14-32-22-39-36(41-40(44-39)35-18-24-4-2-3-5-25(24)21-38(35)43-41)20-33(32)19-34(23)30-9-8-27-15-26(6-7-28(27)16-30)29-10-11-37-31(17-29)12-13-42-37/h2-13,15-23H,14H2,1H3. The molecule has 208 valence electrons. The largest absolute Gasteiger partial charge is 0.144 e. The summed E-state index contributed by atoms with van der Waals surface area (Å²) >= 11 is 5.73. The SMILES string of the molecule is CC1Cc2cc3sc4c5cc6ccccc6cc5sc4c3cc2C=C1c1ccc2cc(-c3ccc4sccc4c3)ccc2c1. The number of hydrogen-bond acceptors (Lipinski definition) is 3. The molecule has 0 N–H and O–H groups in total. The Morgan fingerprint density at radius 2 is 1.18 bits per heavy atom. The molecule has 0 amide bonds. The van der Waals surface area contributed by atoms with E-state index in [0.717, 1.165) is 6.42 Å². The fraction of sp³-hybridized carbons (Fsp3) is 0.0732. The summed E-state index contributed by atoms with van der Waals surface area (Å²) in [5, 5.41) is 11.5. The van der Waals surface area contributed by atoms with Gasteiger partial charge >= 0.3 is 0 Å². The van der Waals surface area contributed by atoms with E-state index in [1.807, 2.05) is 22.7 Å². The lowest BCUT2D eigenvalue weighted by atomic mass is 9.81. The summed E-state index contributed by atoms with van der Waals surface area (Å²) in [5.41, 5.74) is 8.20. The molecule has 0 fully saturated rings. The van der Waals surface area contributed by atoms with Crippen molar-refractivity contribution in [2.75, 3.05) is 0 Å². The Balaban J connectivity index is 1.06. The Labute approximate surface area is 267 Å². The van der Waals surface area contributed by atoms with Gasteiger partial charge in [-0.15, -0.1) is 34.0 Å². The summed E-state index contributed by atoms with van der Waals surface area (Å²) in [4.78, 5) is 0. The van der Waals surface area contributed by atoms with Gasteiger partial charge in [-0.05, 0) is 133 Å². The van der Waals surface area contributed by atoms with Gasteiger partial charge in [0, 0.05) is 24.9 Å². The molecular weight excluding hydrogens is 589 g/mol. The molecule has 1 unspecified atom stereocenters. The first kappa shape index (κ1) is 25.1. The molecule has 0 nitrogen and oxygen atoms in total. The predicted molar refractivity (Wildman–Crippen MR) is 198 cm³/mol. The maximum Gasteiger partial charge on any atom is 0.0542 e. The van der Waals surface area contributed by atoms with Gasteiger partial charge in [-0.25, -0.2) is 0 Å². The highest BCUT2D eigenvalue weighted by Gasteiger charge is 2.22. The predicted octanol–water partition coefficient (Wildman–Crippen LogP) is 13.2. The van der Waals surface area contributed by atoms with Crippen molar-refractivity contribution in [2.24, 2.45) is 5.92 Å². The van der Waals surface area contributed by atoms with Crippen molar-refractivity contribution in [1.82, 2.24) is 0 Å². The van der Waals surface area contributed by atoms with Gasteiger partial charge < -0.3 is 0 Å². The molecule has 9 aromatic rings. The van der Waals surface area contributed by atoms with E-state index in [9.17, 15) is 0 Å². The Bertz CT molecular complexity index is 2660. The number of hydrogen-bond donors (Lipinski definition) is 0. The van der Waals surface area contributed by atoms with Crippen molar-refractivity contribution < 1.29 is 0 Å². The number of rotatable bonds is 2. The highest BCUT2D eigenvalue weighted by molar-refractivity contribution is 7.36. The van der Waals surface area contributed by atoms with Gasteiger partial charge in [0.15, 0.2) is 0 Å². The summed E-state index contributed by atoms with van der Waals surface area (Å²) in [6.45, 7) is 2.39. The van der Waals surface area contributed by atoms with Gasteiger partial charge in [0.25, 0.3) is 0 Å². The first-order valence-electron chi connectivity index (χ1n) is 15.2. The van der Waals surface area contributed by atoms with E-state index < -0.39 is 0 Å². The van der Waals surface area contributed by atoms with Crippen molar-refractivity contribution in [3.05, 3.63) is 131 Å². The molecule has 1 atom stereocenters. The van der Waals surface area contributed by atoms with E-state index in [1.165, 1.54) is 94.6 Å². The van der Waals surface area contributed by atoms with Crippen LogP contribution in [0.5, 0.6) is 0 Å². The zero-order valence-corrected chi connectivity index (χ0v) is 26.5. The van der Waals surface area contributed by atoms with Crippen molar-refractivity contribution in [1.29, 1.82) is 0 Å². The third kappa shape index (κ3) is 3.80. The first-order chi connectivity index (χ1) is 21.6. The average Bonchev–Trinajstić information content (AvgIpc) is 3.75. The number of benzene rings is 6. The molecule has 0 radical (unpaired) electrons. The zero-order chi connectivity index (χ0) is 28.9. The van der Waals surface area contributed by atoms with E-state index in [2.05, 4.69) is 128 Å². The van der Waals surface area contributed by atoms with Gasteiger partial charge in [0.2, 0.25) is 0 Å². The van der Waals surface area contributed by atoms with Crippen LogP contribution in [0.1, 0.15) is 23.6 Å². The Morgan fingerprint density at radius 3 is 2.00 bits per heavy atom. The van der Waals surface area contributed by atoms with E-state index in [0.29, 0.717) is 5.92 Å². The number of thiophene rings is 3. The van der Waals surface area contributed by atoms with Crippen LogP contribution in [-0.2, 0) is 6.42 Å². The second-order valence-electron chi connectivity index (χ2n) is 12.3. The average molecular weight is 615 g/mol. The molecule has 0 saturated carbocycles. The van der Waals surface area contributed by atoms with Crippen molar-refractivity contribution >= 4 is 107 Å². The van der Waals surface area contributed by atoms with Gasteiger partial charge in [-0.3, -0.25) is 0 Å². The van der Waals surface area contributed by atoms with Crippen LogP contribution in [0.25, 0.3) is 84.0 Å². The molecule has 3 heterocycles. The zero-order valence-electron chi connectivity index (χ0n) is 24.1. The van der Waals surface area contributed by atoms with Gasteiger partial charge in [0.05, 0.1) is 9.40 Å². The van der Waals surface area contributed by atoms with Gasteiger partial charge in [0.1, 0.15) is 0 Å². The molecule has 1 aliphatic rings. The maximum atomic E-state index is 2.48. The molecule has 0 bridgehead atoms. The third-order valence-electron chi connectivity index (χ3n) is 9.54. The van der Waals surface area contributed by atoms with Crippen molar-refractivity contribution in [2.45, 2.75) is 13.3 Å². The van der Waals surface area contributed by atoms with Crippen molar-refractivity contribution in [3.8, 4) is 11.1 Å². The smallest absolute Gasteiger partial charge is 0.0542 e. The third-order valence-corrected chi connectivity index (χ3v) is 12.9. The second-order valence-corrected chi connectivity index (χ2v) is 15.3. The summed E-state index contributed by atoms with van der Waals surface area (Å²) in [6, 6.07) is 41.4. The van der Waals surface area contributed by atoms with Crippen LogP contribution >= 0.6 is 34.0 Å². The van der Waals surface area contributed by atoms with E-state index in [1.54, 1.807) is 11.3 Å². The topological polar surface area (TPSA) is 0 Å². The Morgan fingerprint density at radius 1 is 0.545 bits per heavy atom. The molecule has 1 aliphatic carbocycles. The molecule has 10 rings (SSSR count). The van der Waals surface area contributed by atoms with Gasteiger partial charge in [-0.2, -0.15) is 0 Å². The summed E-state index contributed by atoms with van der Waals surface area (Å²) in [7, 11) is 0. The highest BCUT2D eigenvalue weighted by Crippen LogP contribution is 2.47. The molecular formula is C41H26S3. The van der Waals surface area contributed by atoms with Crippen molar-refractivity contribution in [3.63, 3.8) is 0 Å². The maximum absolute atomic E-state index is 2.48. The quantitative estimate of drug-likeness (QED) is 0.182. The number of fused-ring (bicyclic) bond motifs is 9. The minimum atomic E-state index is 0.474. The van der Waals surface area contributed by atoms with E-state index in [4.69, 9.17) is 0 Å². The highest BCUT2D eigenvalue weighted by atomic mass is 32.1. The fourth-order valence-corrected chi connectivity index (χ4v) is 10.7. The minimum absolute atomic E-state index is 0.474. The number of allylic oxidation sites excluding steroid dienone is 1. The minimum Gasteiger partial charge on any atom is -0.144 e. The lowest BCUT2D eigenvalue weighted by Crippen LogP contribution is -2.09. The first-order valence-corrected chi connectivity index (χ1v) is 17.7. The lowest BCUT2D eigenvalue weighted by Gasteiger charge is -2.24. The molecule has 0 spiro atoms. The van der Waals surface area contributed by atoms with Crippen LogP contribution in [0.15, 0.2) is 115 Å². The lowest BCUT2D eigenvalue weighted by molar-refractivity contribution is 0.738. The van der Waals surface area contributed by atoms with E-state index >= 15 is 0 Å². The molecule has 6 aromatic carbocycles. The van der Waals surface area contributed by atoms with Crippen LogP contribution in [-0.4, -0.2) is 0 Å². The molecule has 44 heavy (non-hydrogen) atoms. The summed E-state index contributed by atoms with van der Waals surface area (Å²) in [5.74, 6) is 0.474. The summed E-state index contributed by atoms with van der Waals surface area (Å²) < 4.78 is 7.03. The second kappa shape index (κ2) is 9.36. The van der Waals surface area contributed by atoms with Crippen LogP contribution in [0, 0.1) is 5.92 Å².